The molecule has 0 aliphatic rings. The molecule has 288 valence electrons. The predicted octanol–water partition coefficient (Wildman–Crippen LogP) is 8.08. The molecule has 6 rings (SSSR count). The molecule has 58 heavy (non-hydrogen) atoms. The molecule has 0 saturated carbocycles. The van der Waals surface area contributed by atoms with E-state index in [2.05, 4.69) is 30.7 Å². The van der Waals surface area contributed by atoms with Gasteiger partial charge in [-0.1, -0.05) is 30.3 Å². The molecule has 0 atom stereocenters. The molecule has 6 aromatic carbocycles. The van der Waals surface area contributed by atoms with Crippen LogP contribution >= 0.6 is 0 Å². The number of phenols is 2. The summed E-state index contributed by atoms with van der Waals surface area (Å²) in [6.07, 6.45) is 0. The minimum atomic E-state index is -5.11. The molecule has 0 aromatic heterocycles. The van der Waals surface area contributed by atoms with Gasteiger partial charge in [-0.05, 0) is 77.2 Å². The summed E-state index contributed by atoms with van der Waals surface area (Å²) in [5.41, 5.74) is 13.0. The molecule has 22 heteroatoms. The normalized spacial score (nSPS) is 11.9. The van der Waals surface area contributed by atoms with Gasteiger partial charge in [-0.25, -0.2) is 0 Å². The number of rotatable bonds is 11. The second-order valence-electron chi connectivity index (χ2n) is 11.7. The number of anilines is 2. The maximum absolute atomic E-state index is 12.6. The molecule has 0 heterocycles. The molecule has 18 nitrogen and oxygen atoms in total. The summed E-state index contributed by atoms with van der Waals surface area (Å²) in [4.78, 5) is -1.81. The smallest absolute Gasteiger partial charge is 0.296 e. The fourth-order valence-corrected chi connectivity index (χ4v) is 6.76. The number of ether oxygens (including phenoxy) is 2. The Morgan fingerprint density at radius 2 is 1.05 bits per heavy atom. The van der Waals surface area contributed by atoms with Crippen molar-refractivity contribution in [3.63, 3.8) is 0 Å². The Morgan fingerprint density at radius 1 is 0.569 bits per heavy atom. The van der Waals surface area contributed by atoms with E-state index in [0.717, 1.165) is 12.1 Å². The van der Waals surface area contributed by atoms with Crippen LogP contribution in [-0.2, 0) is 20.2 Å². The van der Waals surface area contributed by atoms with Gasteiger partial charge >= 0.3 is 0 Å². The third-order valence-corrected chi connectivity index (χ3v) is 9.85. The number of benzene rings is 6. The number of nitrogens with two attached hydrogens (primary N) is 2. The molecule has 0 fully saturated rings. The van der Waals surface area contributed by atoms with E-state index in [1.165, 1.54) is 38.5 Å². The van der Waals surface area contributed by atoms with Crippen molar-refractivity contribution in [3.05, 3.63) is 97.1 Å². The Labute approximate surface area is 375 Å². The predicted molar refractivity (Wildman–Crippen MR) is 218 cm³/mol. The van der Waals surface area contributed by atoms with Crippen LogP contribution in [0.15, 0.2) is 138 Å². The number of hydrogen-bond acceptors (Lipinski definition) is 16. The number of nitrogen functional groups attached to an aromatic ring is 2. The van der Waals surface area contributed by atoms with Crippen molar-refractivity contribution >= 4 is 136 Å². The molecule has 2 radical (unpaired) electrons. The van der Waals surface area contributed by atoms with E-state index < -0.39 is 52.8 Å². The maximum atomic E-state index is 12.6. The van der Waals surface area contributed by atoms with Gasteiger partial charge in [0.05, 0.1) is 36.7 Å². The molecule has 8 N–H and O–H groups in total. The van der Waals surface area contributed by atoms with E-state index >= 15 is 0 Å². The number of methoxy groups -OCH3 is 2. The molecular formula is C36H30N8Na2O10S2. The average Bonchev–Trinajstić information content (AvgIpc) is 3.16. The molecule has 0 bridgehead atoms. The van der Waals surface area contributed by atoms with Crippen LogP contribution in [0.5, 0.6) is 23.0 Å². The number of aromatic hydroxyl groups is 2. The third kappa shape index (κ3) is 9.99. The van der Waals surface area contributed by atoms with Crippen molar-refractivity contribution in [3.8, 4) is 34.1 Å². The van der Waals surface area contributed by atoms with Gasteiger partial charge in [-0.15, -0.1) is 25.6 Å². The summed E-state index contributed by atoms with van der Waals surface area (Å²) in [5, 5.41) is 44.5. The van der Waals surface area contributed by atoms with E-state index in [9.17, 15) is 36.2 Å². The summed E-state index contributed by atoms with van der Waals surface area (Å²) in [6.45, 7) is 0. The van der Waals surface area contributed by atoms with Gasteiger partial charge in [0.25, 0.3) is 20.2 Å². The second-order valence-corrected chi connectivity index (χ2v) is 14.5. The summed E-state index contributed by atoms with van der Waals surface area (Å²) in [6, 6.07) is 23.8. The Hall–Kier alpha value is -5.00. The Balaban J connectivity index is 0.00000372. The van der Waals surface area contributed by atoms with Gasteiger partial charge in [0, 0.05) is 65.2 Å². The number of azo groups is 3. The topological polar surface area (TPSA) is 294 Å². The quantitative estimate of drug-likeness (QED) is 0.0312. The molecule has 0 amide bonds. The molecule has 0 unspecified atom stereocenters. The zero-order valence-corrected chi connectivity index (χ0v) is 36.8. The third-order valence-electron chi connectivity index (χ3n) is 8.12. The van der Waals surface area contributed by atoms with Crippen LogP contribution in [0, 0.1) is 0 Å². The minimum absolute atomic E-state index is 0. The molecule has 0 spiro atoms. The van der Waals surface area contributed by atoms with E-state index in [4.69, 9.17) is 20.9 Å². The van der Waals surface area contributed by atoms with Crippen molar-refractivity contribution in [1.82, 2.24) is 0 Å². The second kappa shape index (κ2) is 18.7. The van der Waals surface area contributed by atoms with Crippen LogP contribution in [0.25, 0.3) is 21.9 Å². The molecule has 6 aromatic rings. The molecule has 0 aliphatic carbocycles. The summed E-state index contributed by atoms with van der Waals surface area (Å²) in [7, 11) is -7.36. The van der Waals surface area contributed by atoms with E-state index in [0.29, 0.717) is 28.3 Å². The minimum Gasteiger partial charge on any atom is -0.508 e. The van der Waals surface area contributed by atoms with Gasteiger partial charge in [0.2, 0.25) is 0 Å². The van der Waals surface area contributed by atoms with Gasteiger partial charge in [-0.3, -0.25) is 9.11 Å². The monoisotopic (exact) mass is 844 g/mol. The van der Waals surface area contributed by atoms with E-state index in [1.54, 1.807) is 60.7 Å². The van der Waals surface area contributed by atoms with Crippen LogP contribution in [-0.4, -0.2) is 109 Å². The first-order chi connectivity index (χ1) is 26.6. The zero-order chi connectivity index (χ0) is 40.4. The fraction of sp³-hybridized carbons (Fsp3) is 0.0556. The first-order valence-corrected chi connectivity index (χ1v) is 18.8. The molecule has 0 aliphatic heterocycles. The van der Waals surface area contributed by atoms with Crippen molar-refractivity contribution in [2.24, 2.45) is 30.7 Å². The average molecular weight is 845 g/mol. The maximum Gasteiger partial charge on any atom is 0.296 e. The first kappa shape index (κ1) is 45.7. The Bertz CT molecular complexity index is 2850. The molecule has 0 saturated heterocycles. The number of nitrogens with zero attached hydrogens (tertiary/aromatic N) is 6. The van der Waals surface area contributed by atoms with Gasteiger partial charge in [-0.2, -0.15) is 21.9 Å². The van der Waals surface area contributed by atoms with E-state index in [1.807, 2.05) is 0 Å². The van der Waals surface area contributed by atoms with Crippen molar-refractivity contribution in [2.45, 2.75) is 9.79 Å². The number of hydrogen-bond donors (Lipinski definition) is 6. The molecular weight excluding hydrogens is 815 g/mol. The fourth-order valence-electron chi connectivity index (χ4n) is 5.43. The Morgan fingerprint density at radius 3 is 1.57 bits per heavy atom. The largest absolute Gasteiger partial charge is 0.508 e. The van der Waals surface area contributed by atoms with Crippen molar-refractivity contribution in [2.75, 3.05) is 25.7 Å². The van der Waals surface area contributed by atoms with Crippen LogP contribution < -0.4 is 20.9 Å². The van der Waals surface area contributed by atoms with Crippen LogP contribution in [0.3, 0.4) is 0 Å². The standard InChI is InChI=1S/C36H30N8O10S2.2Na/c1-53-28-14-19(8-11-26(28)41-40-25-13-10-23(45)18-24(25)37)20-9-12-27(29(15-20)54-2)42-43-34-30(55(47,48)49)16-21-17-31(56(50,51)52)35(36(46)32(21)33(34)38)44-39-22-6-4-3-5-7-22;;/h3-18,45-46H,37-38H2,1-2H3,(H,47,48,49)(H,50,51,52);;. The first-order valence-electron chi connectivity index (χ1n) is 15.9. The summed E-state index contributed by atoms with van der Waals surface area (Å²) >= 11 is 0. The summed E-state index contributed by atoms with van der Waals surface area (Å²) < 4.78 is 81.0. The van der Waals surface area contributed by atoms with Crippen molar-refractivity contribution < 1.29 is 45.6 Å². The Kier molecular flexibility index (Phi) is 14.7. The van der Waals surface area contributed by atoms with Gasteiger partial charge in [0.15, 0.2) is 5.75 Å². The number of phenolic OH excluding ortho intramolecular Hbond substituents is 2. The van der Waals surface area contributed by atoms with Crippen LogP contribution in [0.1, 0.15) is 0 Å². The number of fused-ring (bicyclic) bond motifs is 1. The SMILES string of the molecule is COc1cc(-c2ccc(N=Nc3c(S(=O)(=O)O)cc4cc(S(=O)(=O)O)c(N=Nc5ccccc5)c(O)c4c3N)c(OC)c2)ccc1N=Nc1ccc(O)cc1N.[Na].[Na]. The van der Waals surface area contributed by atoms with Gasteiger partial charge in [0.1, 0.15) is 55.5 Å². The van der Waals surface area contributed by atoms with Gasteiger partial charge < -0.3 is 31.2 Å². The summed E-state index contributed by atoms with van der Waals surface area (Å²) in [5.74, 6) is -0.356. The van der Waals surface area contributed by atoms with Crippen LogP contribution in [0.2, 0.25) is 0 Å². The van der Waals surface area contributed by atoms with Crippen molar-refractivity contribution in [1.29, 1.82) is 0 Å². The zero-order valence-electron chi connectivity index (χ0n) is 31.1. The van der Waals surface area contributed by atoms with Crippen LogP contribution in [0.4, 0.5) is 45.5 Å². The van der Waals surface area contributed by atoms with E-state index in [-0.39, 0.29) is 98.4 Å².